The van der Waals surface area contributed by atoms with E-state index in [9.17, 15) is 35.5 Å². The predicted octanol–water partition coefficient (Wildman–Crippen LogP) is 1.90. The molecule has 2 N–H and O–H groups in total. The lowest BCUT2D eigenvalue weighted by Crippen LogP contribution is -2.59. The third-order valence-corrected chi connectivity index (χ3v) is 2.27. The van der Waals surface area contributed by atoms with Crippen molar-refractivity contribution in [3.63, 3.8) is 0 Å². The second-order valence-corrected chi connectivity index (χ2v) is 3.73. The van der Waals surface area contributed by atoms with Crippen molar-refractivity contribution >= 4 is 5.91 Å². The summed E-state index contributed by atoms with van der Waals surface area (Å²) in [6.45, 7) is -0.551. The first-order chi connectivity index (χ1) is 9.00. The number of imidazole rings is 1. The normalized spacial score (nSPS) is 13.3. The van der Waals surface area contributed by atoms with Crippen LogP contribution in [0.15, 0.2) is 12.5 Å². The van der Waals surface area contributed by atoms with E-state index in [0.29, 0.717) is 5.69 Å². The smallest absolute Gasteiger partial charge is 0.350 e. The summed E-state index contributed by atoms with van der Waals surface area (Å²) < 4.78 is 86.2. The number of amides is 1. The highest BCUT2D eigenvalue weighted by molar-refractivity contribution is 5.84. The van der Waals surface area contributed by atoms with Gasteiger partial charge >= 0.3 is 18.0 Å². The summed E-state index contributed by atoms with van der Waals surface area (Å²) in [5.74, 6) is -15.0. The SMILES string of the molecule is O=C(NCCc1cnc[nH]1)C(F)(F)C(F)(F)C(F)(F)F. The summed E-state index contributed by atoms with van der Waals surface area (Å²) >= 11 is 0. The minimum Gasteiger partial charge on any atom is -0.350 e. The van der Waals surface area contributed by atoms with Crippen LogP contribution in [0.4, 0.5) is 30.7 Å². The quantitative estimate of drug-likeness (QED) is 0.816. The van der Waals surface area contributed by atoms with E-state index in [4.69, 9.17) is 0 Å². The summed E-state index contributed by atoms with van der Waals surface area (Å²) in [5.41, 5.74) is 0.385. The van der Waals surface area contributed by atoms with Gasteiger partial charge in [-0.05, 0) is 0 Å². The molecule has 0 radical (unpaired) electrons. The fraction of sp³-hybridized carbons (Fsp3) is 0.556. The molecule has 0 atom stereocenters. The number of H-pyrrole nitrogens is 1. The Bertz CT molecular complexity index is 455. The fourth-order valence-corrected chi connectivity index (χ4v) is 1.16. The van der Waals surface area contributed by atoms with E-state index in [1.54, 1.807) is 0 Å². The van der Waals surface area contributed by atoms with Crippen LogP contribution < -0.4 is 5.32 Å². The molecule has 20 heavy (non-hydrogen) atoms. The first kappa shape index (κ1) is 16.2. The molecule has 1 heterocycles. The van der Waals surface area contributed by atoms with Crippen LogP contribution in [0.3, 0.4) is 0 Å². The Morgan fingerprint density at radius 2 is 1.80 bits per heavy atom. The summed E-state index contributed by atoms with van der Waals surface area (Å²) in [4.78, 5) is 16.9. The molecule has 0 spiro atoms. The zero-order chi connectivity index (χ0) is 15.6. The zero-order valence-corrected chi connectivity index (χ0v) is 9.57. The minimum atomic E-state index is -6.53. The first-order valence-corrected chi connectivity index (χ1v) is 5.08. The number of aromatic amines is 1. The molecular weight excluding hydrogens is 299 g/mol. The van der Waals surface area contributed by atoms with Crippen LogP contribution in [0.1, 0.15) is 5.69 Å². The van der Waals surface area contributed by atoms with Gasteiger partial charge in [-0.1, -0.05) is 0 Å². The lowest BCUT2D eigenvalue weighted by Gasteiger charge is -2.26. The number of hydrogen-bond donors (Lipinski definition) is 2. The second kappa shape index (κ2) is 5.29. The van der Waals surface area contributed by atoms with Crippen molar-refractivity contribution in [1.82, 2.24) is 15.3 Å². The van der Waals surface area contributed by atoms with Gasteiger partial charge in [-0.25, -0.2) is 4.98 Å². The van der Waals surface area contributed by atoms with Crippen molar-refractivity contribution in [2.45, 2.75) is 24.4 Å². The molecule has 0 aliphatic rings. The van der Waals surface area contributed by atoms with E-state index in [0.717, 1.165) is 0 Å². The van der Waals surface area contributed by atoms with Gasteiger partial charge in [-0.2, -0.15) is 30.7 Å². The number of carbonyl (C=O) groups is 1. The highest BCUT2D eigenvalue weighted by atomic mass is 19.4. The van der Waals surface area contributed by atoms with Crippen molar-refractivity contribution in [2.24, 2.45) is 0 Å². The van der Waals surface area contributed by atoms with Gasteiger partial charge in [0, 0.05) is 24.9 Å². The molecule has 0 unspecified atom stereocenters. The van der Waals surface area contributed by atoms with E-state index in [1.807, 2.05) is 0 Å². The van der Waals surface area contributed by atoms with Crippen LogP contribution >= 0.6 is 0 Å². The second-order valence-electron chi connectivity index (χ2n) is 3.73. The standard InChI is InChI=1S/C9H8F7N3O/c10-7(11,8(12,13)9(14,15)16)6(20)18-2-1-5-3-17-4-19-5/h3-4H,1-2H2,(H,17,19)(H,18,20). The highest BCUT2D eigenvalue weighted by Gasteiger charge is 2.76. The van der Waals surface area contributed by atoms with Gasteiger partial charge in [0.2, 0.25) is 0 Å². The summed E-state index contributed by atoms with van der Waals surface area (Å²) in [6.07, 6.45) is -4.10. The Labute approximate surface area is 107 Å². The van der Waals surface area contributed by atoms with Gasteiger partial charge in [0.25, 0.3) is 5.91 Å². The van der Waals surface area contributed by atoms with Gasteiger partial charge in [0.05, 0.1) is 6.33 Å². The maximum Gasteiger partial charge on any atom is 0.460 e. The Hall–Kier alpha value is -1.81. The third kappa shape index (κ3) is 3.02. The molecule has 1 aromatic heterocycles. The zero-order valence-electron chi connectivity index (χ0n) is 9.57. The van der Waals surface area contributed by atoms with E-state index in [2.05, 4.69) is 9.97 Å². The predicted molar refractivity (Wildman–Crippen MR) is 51.3 cm³/mol. The topological polar surface area (TPSA) is 57.8 Å². The Morgan fingerprint density at radius 1 is 1.20 bits per heavy atom. The number of rotatable bonds is 5. The molecule has 114 valence electrons. The van der Waals surface area contributed by atoms with E-state index < -0.39 is 30.5 Å². The molecule has 0 aliphatic heterocycles. The fourth-order valence-electron chi connectivity index (χ4n) is 1.16. The number of aromatic nitrogens is 2. The van der Waals surface area contributed by atoms with Gasteiger partial charge in [-0.3, -0.25) is 4.79 Å². The lowest BCUT2D eigenvalue weighted by atomic mass is 10.1. The molecule has 1 aromatic rings. The molecule has 0 aliphatic carbocycles. The van der Waals surface area contributed by atoms with Crippen LogP contribution in [0.5, 0.6) is 0 Å². The summed E-state index contributed by atoms with van der Waals surface area (Å²) in [7, 11) is 0. The number of nitrogens with zero attached hydrogens (tertiary/aromatic N) is 1. The van der Waals surface area contributed by atoms with Crippen LogP contribution in [0, 0.1) is 0 Å². The van der Waals surface area contributed by atoms with E-state index in [1.165, 1.54) is 17.8 Å². The molecule has 0 saturated heterocycles. The van der Waals surface area contributed by atoms with Crippen molar-refractivity contribution in [2.75, 3.05) is 6.54 Å². The maximum atomic E-state index is 12.9. The van der Waals surface area contributed by atoms with Crippen molar-refractivity contribution in [3.8, 4) is 0 Å². The molecule has 0 fully saturated rings. The molecule has 0 aromatic carbocycles. The molecule has 1 amide bonds. The first-order valence-electron chi connectivity index (χ1n) is 5.08. The van der Waals surface area contributed by atoms with Crippen LogP contribution in [-0.2, 0) is 11.2 Å². The Morgan fingerprint density at radius 3 is 2.25 bits per heavy atom. The van der Waals surface area contributed by atoms with Crippen molar-refractivity contribution in [1.29, 1.82) is 0 Å². The average molecular weight is 307 g/mol. The number of hydrogen-bond acceptors (Lipinski definition) is 2. The number of carbonyl (C=O) groups excluding carboxylic acids is 1. The maximum absolute atomic E-state index is 12.9. The summed E-state index contributed by atoms with van der Waals surface area (Å²) in [6, 6.07) is 0. The van der Waals surface area contributed by atoms with Gasteiger partial charge in [0.1, 0.15) is 0 Å². The number of alkyl halides is 7. The molecule has 0 bridgehead atoms. The van der Waals surface area contributed by atoms with Gasteiger partial charge in [-0.15, -0.1) is 0 Å². The summed E-state index contributed by atoms with van der Waals surface area (Å²) in [5, 5.41) is 1.32. The van der Waals surface area contributed by atoms with Crippen molar-refractivity contribution < 1.29 is 35.5 Å². The van der Waals surface area contributed by atoms with E-state index >= 15 is 0 Å². The number of nitrogens with one attached hydrogen (secondary N) is 2. The largest absolute Gasteiger partial charge is 0.460 e. The van der Waals surface area contributed by atoms with Gasteiger partial charge in [0.15, 0.2) is 0 Å². The Balaban J connectivity index is 2.65. The van der Waals surface area contributed by atoms with Crippen molar-refractivity contribution in [3.05, 3.63) is 18.2 Å². The molecular formula is C9H8F7N3O. The molecule has 4 nitrogen and oxygen atoms in total. The molecule has 0 saturated carbocycles. The average Bonchev–Trinajstić information content (AvgIpc) is 2.80. The molecule has 11 heteroatoms. The minimum absolute atomic E-state index is 0.0839. The molecule has 1 rings (SSSR count). The van der Waals surface area contributed by atoms with Crippen LogP contribution in [0.25, 0.3) is 0 Å². The monoisotopic (exact) mass is 307 g/mol. The van der Waals surface area contributed by atoms with Gasteiger partial charge < -0.3 is 10.3 Å². The highest BCUT2D eigenvalue weighted by Crippen LogP contribution is 2.46. The van der Waals surface area contributed by atoms with Crippen LogP contribution in [0.2, 0.25) is 0 Å². The van der Waals surface area contributed by atoms with Crippen LogP contribution in [-0.4, -0.2) is 40.4 Å². The third-order valence-electron chi connectivity index (χ3n) is 2.27. The Kier molecular flexibility index (Phi) is 4.30. The lowest BCUT2D eigenvalue weighted by molar-refractivity contribution is -0.344. The van der Waals surface area contributed by atoms with E-state index in [-0.39, 0.29) is 6.42 Å². The number of halogens is 7.